The minimum atomic E-state index is 0.455. The number of nitrogens with zero attached hydrogens (tertiary/aromatic N) is 1. The van der Waals surface area contributed by atoms with Gasteiger partial charge in [-0.25, -0.2) is 0 Å². The molecular formula is C16H15BrINO3. The highest BCUT2D eigenvalue weighted by atomic mass is 127. The Morgan fingerprint density at radius 1 is 1.23 bits per heavy atom. The van der Waals surface area contributed by atoms with E-state index in [1.54, 1.807) is 6.07 Å². The SMILES string of the molecule is CCOc1cc(/C=N/O)cc(I)c1OCc1ccc(Br)cc1. The molecule has 0 saturated heterocycles. The van der Waals surface area contributed by atoms with Crippen LogP contribution >= 0.6 is 38.5 Å². The molecule has 0 radical (unpaired) electrons. The van der Waals surface area contributed by atoms with Crippen molar-refractivity contribution >= 4 is 44.7 Å². The van der Waals surface area contributed by atoms with Gasteiger partial charge in [-0.15, -0.1) is 0 Å². The lowest BCUT2D eigenvalue weighted by Gasteiger charge is -2.14. The van der Waals surface area contributed by atoms with E-state index < -0.39 is 0 Å². The van der Waals surface area contributed by atoms with E-state index in [2.05, 4.69) is 43.7 Å². The maximum absolute atomic E-state index is 8.67. The van der Waals surface area contributed by atoms with Gasteiger partial charge in [0.15, 0.2) is 11.5 Å². The average molecular weight is 476 g/mol. The van der Waals surface area contributed by atoms with Crippen LogP contribution in [0.15, 0.2) is 46.0 Å². The van der Waals surface area contributed by atoms with Crippen LogP contribution in [-0.2, 0) is 6.61 Å². The monoisotopic (exact) mass is 475 g/mol. The van der Waals surface area contributed by atoms with Crippen molar-refractivity contribution in [1.29, 1.82) is 0 Å². The summed E-state index contributed by atoms with van der Waals surface area (Å²) < 4.78 is 13.5. The van der Waals surface area contributed by atoms with Gasteiger partial charge >= 0.3 is 0 Å². The number of hydrogen-bond acceptors (Lipinski definition) is 4. The first-order valence-corrected chi connectivity index (χ1v) is 8.52. The topological polar surface area (TPSA) is 51.0 Å². The van der Waals surface area contributed by atoms with Crippen molar-refractivity contribution in [1.82, 2.24) is 0 Å². The summed E-state index contributed by atoms with van der Waals surface area (Å²) in [6.45, 7) is 2.90. The maximum atomic E-state index is 8.67. The number of benzene rings is 2. The molecule has 2 aromatic rings. The summed E-state index contributed by atoms with van der Waals surface area (Å²) in [7, 11) is 0. The molecule has 0 aromatic heterocycles. The third kappa shape index (κ3) is 4.61. The highest BCUT2D eigenvalue weighted by Gasteiger charge is 2.12. The number of rotatable bonds is 6. The van der Waals surface area contributed by atoms with Crippen LogP contribution < -0.4 is 9.47 Å². The second-order valence-electron chi connectivity index (χ2n) is 4.42. The van der Waals surface area contributed by atoms with Gasteiger partial charge < -0.3 is 14.7 Å². The second-order valence-corrected chi connectivity index (χ2v) is 6.50. The van der Waals surface area contributed by atoms with E-state index in [4.69, 9.17) is 14.7 Å². The van der Waals surface area contributed by atoms with Gasteiger partial charge in [0.25, 0.3) is 0 Å². The van der Waals surface area contributed by atoms with Gasteiger partial charge in [0.1, 0.15) is 6.61 Å². The summed E-state index contributed by atoms with van der Waals surface area (Å²) >= 11 is 5.60. The number of hydrogen-bond donors (Lipinski definition) is 1. The van der Waals surface area contributed by atoms with Gasteiger partial charge in [0, 0.05) is 10.0 Å². The molecule has 0 aliphatic heterocycles. The van der Waals surface area contributed by atoms with Crippen molar-refractivity contribution in [3.05, 3.63) is 55.6 Å². The molecule has 2 aromatic carbocycles. The fourth-order valence-electron chi connectivity index (χ4n) is 1.87. The van der Waals surface area contributed by atoms with Crippen molar-refractivity contribution in [2.75, 3.05) is 6.61 Å². The first-order chi connectivity index (χ1) is 10.6. The molecule has 0 unspecified atom stereocenters. The summed E-state index contributed by atoms with van der Waals surface area (Å²) in [5.41, 5.74) is 1.83. The number of ether oxygens (including phenoxy) is 2. The van der Waals surface area contributed by atoms with Crippen molar-refractivity contribution < 1.29 is 14.7 Å². The quantitative estimate of drug-likeness (QED) is 0.281. The zero-order valence-corrected chi connectivity index (χ0v) is 15.7. The van der Waals surface area contributed by atoms with E-state index in [9.17, 15) is 0 Å². The zero-order chi connectivity index (χ0) is 15.9. The first kappa shape index (κ1) is 17.1. The lowest BCUT2D eigenvalue weighted by Crippen LogP contribution is -2.02. The molecule has 6 heteroatoms. The Morgan fingerprint density at radius 2 is 1.95 bits per heavy atom. The van der Waals surface area contributed by atoms with E-state index >= 15 is 0 Å². The highest BCUT2D eigenvalue weighted by molar-refractivity contribution is 14.1. The highest BCUT2D eigenvalue weighted by Crippen LogP contribution is 2.34. The molecule has 0 heterocycles. The lowest BCUT2D eigenvalue weighted by molar-refractivity contribution is 0.267. The van der Waals surface area contributed by atoms with Gasteiger partial charge in [-0.1, -0.05) is 33.2 Å². The predicted octanol–water partition coefficient (Wildman–Crippen LogP) is 4.84. The zero-order valence-electron chi connectivity index (χ0n) is 11.9. The van der Waals surface area contributed by atoms with Crippen molar-refractivity contribution in [3.63, 3.8) is 0 Å². The summed E-state index contributed by atoms with van der Waals surface area (Å²) in [5.74, 6) is 1.34. The Hall–Kier alpha value is -1.28. The Morgan fingerprint density at radius 3 is 2.59 bits per heavy atom. The minimum absolute atomic E-state index is 0.455. The molecule has 0 amide bonds. The second kappa shape index (κ2) is 8.38. The molecule has 0 aliphatic rings. The van der Waals surface area contributed by atoms with Crippen LogP contribution in [0.1, 0.15) is 18.1 Å². The molecular weight excluding hydrogens is 461 g/mol. The summed E-state index contributed by atoms with van der Waals surface area (Å²) in [6, 6.07) is 11.6. The van der Waals surface area contributed by atoms with E-state index in [1.807, 2.05) is 37.3 Å². The standard InChI is InChI=1S/C16H15BrINO3/c1-2-21-15-8-12(9-19-20)7-14(18)16(15)22-10-11-3-5-13(17)6-4-11/h3-9,20H,2,10H2,1H3/b19-9+. The van der Waals surface area contributed by atoms with Crippen LogP contribution in [0.5, 0.6) is 11.5 Å². The molecule has 0 fully saturated rings. The number of oxime groups is 1. The molecule has 0 spiro atoms. The Balaban J connectivity index is 2.22. The number of halogens is 2. The smallest absolute Gasteiger partial charge is 0.175 e. The van der Waals surface area contributed by atoms with Gasteiger partial charge in [-0.2, -0.15) is 0 Å². The van der Waals surface area contributed by atoms with Crippen LogP contribution in [0.2, 0.25) is 0 Å². The van der Waals surface area contributed by atoms with Crippen LogP contribution in [0, 0.1) is 3.57 Å². The first-order valence-electron chi connectivity index (χ1n) is 6.65. The minimum Gasteiger partial charge on any atom is -0.490 e. The third-order valence-corrected chi connectivity index (χ3v) is 4.16. The fraction of sp³-hybridized carbons (Fsp3) is 0.188. The Labute approximate surface area is 151 Å². The molecule has 1 N–H and O–H groups in total. The molecule has 116 valence electrons. The van der Waals surface area contributed by atoms with Crippen molar-refractivity contribution in [3.8, 4) is 11.5 Å². The van der Waals surface area contributed by atoms with E-state index in [1.165, 1.54) is 6.21 Å². The fourth-order valence-corrected chi connectivity index (χ4v) is 2.91. The normalized spacial score (nSPS) is 10.9. The van der Waals surface area contributed by atoms with Gasteiger partial charge in [-0.05, 0) is 59.3 Å². The van der Waals surface area contributed by atoms with E-state index in [0.717, 1.165) is 19.2 Å². The third-order valence-electron chi connectivity index (χ3n) is 2.83. The summed E-state index contributed by atoms with van der Waals surface area (Å²) in [4.78, 5) is 0. The molecule has 2 rings (SSSR count). The van der Waals surface area contributed by atoms with Crippen LogP contribution in [0.4, 0.5) is 0 Å². The predicted molar refractivity (Wildman–Crippen MR) is 98.2 cm³/mol. The van der Waals surface area contributed by atoms with Crippen molar-refractivity contribution in [2.45, 2.75) is 13.5 Å². The van der Waals surface area contributed by atoms with Gasteiger partial charge in [0.05, 0.1) is 16.4 Å². The van der Waals surface area contributed by atoms with Crippen LogP contribution in [-0.4, -0.2) is 18.0 Å². The van der Waals surface area contributed by atoms with Crippen LogP contribution in [0.25, 0.3) is 0 Å². The van der Waals surface area contributed by atoms with Crippen LogP contribution in [0.3, 0.4) is 0 Å². The van der Waals surface area contributed by atoms with Crippen molar-refractivity contribution in [2.24, 2.45) is 5.16 Å². The average Bonchev–Trinajstić information content (AvgIpc) is 2.49. The maximum Gasteiger partial charge on any atom is 0.175 e. The van der Waals surface area contributed by atoms with E-state index in [0.29, 0.717) is 24.7 Å². The molecule has 4 nitrogen and oxygen atoms in total. The Bertz CT molecular complexity index is 659. The van der Waals surface area contributed by atoms with Gasteiger partial charge in [-0.3, -0.25) is 0 Å². The molecule has 0 bridgehead atoms. The Kier molecular flexibility index (Phi) is 6.50. The molecule has 22 heavy (non-hydrogen) atoms. The summed E-state index contributed by atoms with van der Waals surface area (Å²) in [6.07, 6.45) is 1.36. The van der Waals surface area contributed by atoms with E-state index in [-0.39, 0.29) is 0 Å². The lowest BCUT2D eigenvalue weighted by atomic mass is 10.2. The van der Waals surface area contributed by atoms with Gasteiger partial charge in [0.2, 0.25) is 0 Å². The summed E-state index contributed by atoms with van der Waals surface area (Å²) in [5, 5.41) is 11.7. The largest absolute Gasteiger partial charge is 0.490 e. The molecule has 0 saturated carbocycles. The molecule has 0 aliphatic carbocycles. The molecule has 0 atom stereocenters.